The Morgan fingerprint density at radius 3 is 2.40 bits per heavy atom. The molecular formula is C13H24O2. The van der Waals surface area contributed by atoms with Crippen LogP contribution in [0.4, 0.5) is 0 Å². The van der Waals surface area contributed by atoms with Crippen molar-refractivity contribution in [3.05, 3.63) is 11.6 Å². The van der Waals surface area contributed by atoms with Gasteiger partial charge in [0.1, 0.15) is 0 Å². The van der Waals surface area contributed by atoms with Gasteiger partial charge < -0.3 is 4.74 Å². The number of hydrogen-bond donors (Lipinski definition) is 0. The average Bonchev–Trinajstić information content (AvgIpc) is 2.18. The van der Waals surface area contributed by atoms with Crippen LogP contribution in [0.5, 0.6) is 0 Å². The smallest absolute Gasteiger partial charge is 0.333 e. The molecule has 0 bridgehead atoms. The quantitative estimate of drug-likeness (QED) is 0.365. The molecule has 0 aliphatic carbocycles. The highest BCUT2D eigenvalue weighted by Crippen LogP contribution is 2.11. The summed E-state index contributed by atoms with van der Waals surface area (Å²) in [5.41, 5.74) is 0.783. The van der Waals surface area contributed by atoms with Crippen molar-refractivity contribution in [2.45, 2.75) is 53.4 Å². The molecule has 0 N–H and O–H groups in total. The third-order valence-corrected chi connectivity index (χ3v) is 2.40. The molecule has 15 heavy (non-hydrogen) atoms. The molecule has 2 nitrogen and oxygen atoms in total. The first-order valence-electron chi connectivity index (χ1n) is 5.96. The lowest BCUT2D eigenvalue weighted by Crippen LogP contribution is -2.13. The molecule has 0 aliphatic rings. The van der Waals surface area contributed by atoms with E-state index in [0.29, 0.717) is 6.61 Å². The van der Waals surface area contributed by atoms with E-state index in [0.717, 1.165) is 18.4 Å². The van der Waals surface area contributed by atoms with Crippen LogP contribution in [0.2, 0.25) is 0 Å². The molecule has 0 heterocycles. The SMILES string of the molecule is C/C=C(/C(=O)OCCCCCC)C(C)C. The molecule has 0 rings (SSSR count). The highest BCUT2D eigenvalue weighted by molar-refractivity contribution is 5.88. The molecule has 0 aromatic heterocycles. The average molecular weight is 212 g/mol. The number of esters is 1. The van der Waals surface area contributed by atoms with Crippen LogP contribution >= 0.6 is 0 Å². The summed E-state index contributed by atoms with van der Waals surface area (Å²) < 4.78 is 5.20. The Morgan fingerprint density at radius 2 is 1.93 bits per heavy atom. The van der Waals surface area contributed by atoms with Crippen LogP contribution < -0.4 is 0 Å². The number of carbonyl (C=O) groups excluding carboxylic acids is 1. The summed E-state index contributed by atoms with van der Waals surface area (Å²) in [6, 6.07) is 0. The van der Waals surface area contributed by atoms with Gasteiger partial charge in [-0.15, -0.1) is 0 Å². The van der Waals surface area contributed by atoms with Gasteiger partial charge in [0.2, 0.25) is 0 Å². The fourth-order valence-electron chi connectivity index (χ4n) is 1.46. The zero-order valence-electron chi connectivity index (χ0n) is 10.5. The molecule has 0 spiro atoms. The predicted molar refractivity (Wildman–Crippen MR) is 63.7 cm³/mol. The molecular weight excluding hydrogens is 188 g/mol. The topological polar surface area (TPSA) is 26.3 Å². The maximum absolute atomic E-state index is 11.6. The lowest BCUT2D eigenvalue weighted by Gasteiger charge is -2.10. The molecule has 0 atom stereocenters. The molecule has 0 saturated heterocycles. The summed E-state index contributed by atoms with van der Waals surface area (Å²) in [4.78, 5) is 11.6. The number of hydrogen-bond acceptors (Lipinski definition) is 2. The van der Waals surface area contributed by atoms with Gasteiger partial charge in [0.25, 0.3) is 0 Å². The van der Waals surface area contributed by atoms with Gasteiger partial charge in [-0.05, 0) is 19.3 Å². The first-order valence-corrected chi connectivity index (χ1v) is 5.96. The number of ether oxygens (including phenoxy) is 1. The van der Waals surface area contributed by atoms with Gasteiger partial charge in [0.15, 0.2) is 0 Å². The Kier molecular flexibility index (Phi) is 8.06. The molecule has 2 heteroatoms. The van der Waals surface area contributed by atoms with Crippen LogP contribution in [0.1, 0.15) is 53.4 Å². The van der Waals surface area contributed by atoms with Crippen LogP contribution in [-0.4, -0.2) is 12.6 Å². The van der Waals surface area contributed by atoms with E-state index >= 15 is 0 Å². The third kappa shape index (κ3) is 6.32. The van der Waals surface area contributed by atoms with Crippen LogP contribution in [0.3, 0.4) is 0 Å². The fourth-order valence-corrected chi connectivity index (χ4v) is 1.46. The Balaban J connectivity index is 3.73. The number of allylic oxidation sites excluding steroid dienone is 1. The Morgan fingerprint density at radius 1 is 1.27 bits per heavy atom. The largest absolute Gasteiger partial charge is 0.462 e. The number of carbonyl (C=O) groups is 1. The fraction of sp³-hybridized carbons (Fsp3) is 0.769. The van der Waals surface area contributed by atoms with Crippen LogP contribution in [0.15, 0.2) is 11.6 Å². The minimum Gasteiger partial charge on any atom is -0.462 e. The van der Waals surface area contributed by atoms with Crippen molar-refractivity contribution in [3.8, 4) is 0 Å². The van der Waals surface area contributed by atoms with Crippen molar-refractivity contribution >= 4 is 5.97 Å². The van der Waals surface area contributed by atoms with Gasteiger partial charge in [-0.1, -0.05) is 46.1 Å². The monoisotopic (exact) mass is 212 g/mol. The van der Waals surface area contributed by atoms with E-state index in [1.165, 1.54) is 12.8 Å². The van der Waals surface area contributed by atoms with Crippen molar-refractivity contribution in [2.24, 2.45) is 5.92 Å². The van der Waals surface area contributed by atoms with Crippen molar-refractivity contribution < 1.29 is 9.53 Å². The molecule has 0 aromatic rings. The second-order valence-electron chi connectivity index (χ2n) is 4.10. The molecule has 0 aromatic carbocycles. The lowest BCUT2D eigenvalue weighted by atomic mass is 10.0. The van der Waals surface area contributed by atoms with Gasteiger partial charge in [-0.2, -0.15) is 0 Å². The van der Waals surface area contributed by atoms with E-state index in [1.54, 1.807) is 0 Å². The predicted octanol–water partition coefficient (Wildman–Crippen LogP) is 3.71. The first kappa shape index (κ1) is 14.2. The van der Waals surface area contributed by atoms with Gasteiger partial charge in [0.05, 0.1) is 6.61 Å². The summed E-state index contributed by atoms with van der Waals surface area (Å²) >= 11 is 0. The van der Waals surface area contributed by atoms with E-state index in [4.69, 9.17) is 4.74 Å². The van der Waals surface area contributed by atoms with Crippen molar-refractivity contribution in [3.63, 3.8) is 0 Å². The van der Waals surface area contributed by atoms with Gasteiger partial charge in [0, 0.05) is 5.57 Å². The molecule has 88 valence electrons. The highest BCUT2D eigenvalue weighted by atomic mass is 16.5. The summed E-state index contributed by atoms with van der Waals surface area (Å²) in [6.45, 7) is 8.63. The van der Waals surface area contributed by atoms with Crippen molar-refractivity contribution in [1.29, 1.82) is 0 Å². The molecule has 0 aliphatic heterocycles. The molecule has 0 fully saturated rings. The van der Waals surface area contributed by atoms with E-state index in [-0.39, 0.29) is 11.9 Å². The molecule has 0 saturated carbocycles. The lowest BCUT2D eigenvalue weighted by molar-refractivity contribution is -0.139. The van der Waals surface area contributed by atoms with E-state index < -0.39 is 0 Å². The van der Waals surface area contributed by atoms with Gasteiger partial charge in [-0.3, -0.25) is 0 Å². The summed E-state index contributed by atoms with van der Waals surface area (Å²) in [5, 5.41) is 0. The minimum absolute atomic E-state index is 0.149. The second-order valence-corrected chi connectivity index (χ2v) is 4.10. The molecule has 0 radical (unpaired) electrons. The summed E-state index contributed by atoms with van der Waals surface area (Å²) in [6.07, 6.45) is 6.41. The Bertz CT molecular complexity index is 205. The maximum Gasteiger partial charge on any atom is 0.333 e. The zero-order chi connectivity index (χ0) is 11.7. The van der Waals surface area contributed by atoms with Crippen LogP contribution in [0, 0.1) is 5.92 Å². The molecule has 0 amide bonds. The number of rotatable bonds is 7. The second kappa shape index (κ2) is 8.51. The Hall–Kier alpha value is -0.790. The number of unbranched alkanes of at least 4 members (excludes halogenated alkanes) is 3. The standard InChI is InChI=1S/C13H24O2/c1-5-7-8-9-10-15-13(14)12(6-2)11(3)4/h6,11H,5,7-10H2,1-4H3/b12-6+. The van der Waals surface area contributed by atoms with Crippen molar-refractivity contribution in [1.82, 2.24) is 0 Å². The first-order chi connectivity index (χ1) is 7.13. The molecule has 0 unspecified atom stereocenters. The van der Waals surface area contributed by atoms with E-state index in [2.05, 4.69) is 6.92 Å². The van der Waals surface area contributed by atoms with Crippen LogP contribution in [0.25, 0.3) is 0 Å². The van der Waals surface area contributed by atoms with E-state index in [1.807, 2.05) is 26.8 Å². The zero-order valence-corrected chi connectivity index (χ0v) is 10.5. The van der Waals surface area contributed by atoms with E-state index in [9.17, 15) is 4.79 Å². The van der Waals surface area contributed by atoms with Crippen LogP contribution in [-0.2, 0) is 9.53 Å². The highest BCUT2D eigenvalue weighted by Gasteiger charge is 2.12. The van der Waals surface area contributed by atoms with Crippen molar-refractivity contribution in [2.75, 3.05) is 6.61 Å². The minimum atomic E-state index is -0.149. The normalized spacial score (nSPS) is 11.9. The Labute approximate surface area is 93.7 Å². The third-order valence-electron chi connectivity index (χ3n) is 2.40. The summed E-state index contributed by atoms with van der Waals surface area (Å²) in [5.74, 6) is 0.0992. The maximum atomic E-state index is 11.6. The van der Waals surface area contributed by atoms with Gasteiger partial charge >= 0.3 is 5.97 Å². The summed E-state index contributed by atoms with van der Waals surface area (Å²) in [7, 11) is 0. The van der Waals surface area contributed by atoms with Gasteiger partial charge in [-0.25, -0.2) is 4.79 Å².